The van der Waals surface area contributed by atoms with Crippen molar-refractivity contribution in [2.75, 3.05) is 0 Å². The van der Waals surface area contributed by atoms with Crippen LogP contribution in [0.1, 0.15) is 138 Å². The van der Waals surface area contributed by atoms with Crippen LogP contribution in [0, 0.1) is 23.7 Å². The van der Waals surface area contributed by atoms with Gasteiger partial charge in [-0.1, -0.05) is 64.5 Å². The van der Waals surface area contributed by atoms with Gasteiger partial charge in [0.2, 0.25) is 0 Å². The van der Waals surface area contributed by atoms with E-state index in [1.165, 1.54) is 95.5 Å². The first kappa shape index (κ1) is 24.8. The van der Waals surface area contributed by atoms with Gasteiger partial charge in [0.1, 0.15) is 6.10 Å². The minimum absolute atomic E-state index is 0.122. The molecule has 0 unspecified atom stereocenters. The first-order valence-corrected chi connectivity index (χ1v) is 14.5. The number of hydrogen-bond acceptors (Lipinski definition) is 2. The van der Waals surface area contributed by atoms with Gasteiger partial charge < -0.3 is 4.74 Å². The molecule has 3 saturated carbocycles. The summed E-state index contributed by atoms with van der Waals surface area (Å²) in [4.78, 5) is 12.7. The molecule has 3 aliphatic carbocycles. The smallest absolute Gasteiger partial charge is 0.338 e. The van der Waals surface area contributed by atoms with Crippen molar-refractivity contribution in [1.29, 1.82) is 0 Å². The lowest BCUT2D eigenvalue weighted by Gasteiger charge is -2.38. The third kappa shape index (κ3) is 6.86. The molecule has 2 nitrogen and oxygen atoms in total. The number of carbonyl (C=O) groups excluding carboxylic acids is 1. The second kappa shape index (κ2) is 12.4. The third-order valence-electron chi connectivity index (χ3n) is 9.41. The van der Waals surface area contributed by atoms with Gasteiger partial charge >= 0.3 is 5.97 Å². The summed E-state index contributed by atoms with van der Waals surface area (Å²) >= 11 is 0. The molecule has 1 aromatic rings. The monoisotopic (exact) mass is 452 g/mol. The minimum atomic E-state index is -0.122. The summed E-state index contributed by atoms with van der Waals surface area (Å²) in [5.74, 6) is 4.37. The Morgan fingerprint density at radius 3 is 1.70 bits per heavy atom. The van der Waals surface area contributed by atoms with Crippen molar-refractivity contribution >= 4 is 5.97 Å². The Bertz CT molecular complexity index is 699. The van der Waals surface area contributed by atoms with Gasteiger partial charge in [0.15, 0.2) is 0 Å². The largest absolute Gasteiger partial charge is 0.459 e. The Labute approximate surface area is 203 Å². The first-order valence-electron chi connectivity index (χ1n) is 14.5. The summed E-state index contributed by atoms with van der Waals surface area (Å²) in [5, 5.41) is 0. The number of benzene rings is 1. The molecule has 184 valence electrons. The fraction of sp³-hybridized carbons (Fsp3) is 0.774. The lowest BCUT2D eigenvalue weighted by Crippen LogP contribution is -2.25. The lowest BCUT2D eigenvalue weighted by molar-refractivity contribution is 0.0161. The molecule has 0 saturated heterocycles. The van der Waals surface area contributed by atoms with Gasteiger partial charge in [-0.2, -0.15) is 0 Å². The Balaban J connectivity index is 1.20. The van der Waals surface area contributed by atoms with Gasteiger partial charge in [0.05, 0.1) is 5.56 Å². The van der Waals surface area contributed by atoms with Gasteiger partial charge in [-0.25, -0.2) is 4.79 Å². The van der Waals surface area contributed by atoms with Crippen molar-refractivity contribution in [1.82, 2.24) is 0 Å². The average molecular weight is 453 g/mol. The van der Waals surface area contributed by atoms with Crippen molar-refractivity contribution < 1.29 is 9.53 Å². The molecule has 0 heterocycles. The Morgan fingerprint density at radius 1 is 0.697 bits per heavy atom. The second-order valence-electron chi connectivity index (χ2n) is 11.6. The first-order chi connectivity index (χ1) is 16.2. The molecule has 2 heteroatoms. The average Bonchev–Trinajstić information content (AvgIpc) is 2.86. The third-order valence-corrected chi connectivity index (χ3v) is 9.41. The van der Waals surface area contributed by atoms with Crippen LogP contribution in [0.25, 0.3) is 0 Å². The molecular formula is C31H48O2. The maximum Gasteiger partial charge on any atom is 0.338 e. The zero-order valence-corrected chi connectivity index (χ0v) is 21.4. The predicted octanol–water partition coefficient (Wildman–Crippen LogP) is 9.08. The lowest BCUT2D eigenvalue weighted by atomic mass is 9.68. The fourth-order valence-corrected chi connectivity index (χ4v) is 7.34. The zero-order chi connectivity index (χ0) is 23.0. The molecule has 33 heavy (non-hydrogen) atoms. The quantitative estimate of drug-likeness (QED) is 0.368. The van der Waals surface area contributed by atoms with E-state index in [2.05, 4.69) is 26.0 Å². The molecule has 0 amide bonds. The van der Waals surface area contributed by atoms with Crippen LogP contribution in [0.3, 0.4) is 0 Å². The number of ether oxygens (including phenoxy) is 1. The highest BCUT2D eigenvalue weighted by atomic mass is 16.5. The van der Waals surface area contributed by atoms with E-state index in [0.29, 0.717) is 5.92 Å². The predicted molar refractivity (Wildman–Crippen MR) is 138 cm³/mol. The standard InChI is InChI=1S/C31H48O2/c1-3-5-23-7-11-25(12-8-23)26-13-15-27(16-14-26)28-17-19-29(20-18-28)31(32)33-30-21-9-24(6-4-2)10-22-30/h17-20,23-27,30H,3-16,21-22H2,1-2H3/t23-,24-,25-,26-,27-,30-. The highest BCUT2D eigenvalue weighted by Gasteiger charge is 2.31. The van der Waals surface area contributed by atoms with E-state index in [4.69, 9.17) is 4.74 Å². The van der Waals surface area contributed by atoms with E-state index in [1.54, 1.807) is 0 Å². The van der Waals surface area contributed by atoms with Crippen molar-refractivity contribution in [3.63, 3.8) is 0 Å². The maximum absolute atomic E-state index is 12.7. The maximum atomic E-state index is 12.7. The number of rotatable bonds is 8. The number of hydrogen-bond donors (Lipinski definition) is 0. The summed E-state index contributed by atoms with van der Waals surface area (Å²) < 4.78 is 5.85. The second-order valence-corrected chi connectivity index (χ2v) is 11.6. The molecule has 0 spiro atoms. The van der Waals surface area contributed by atoms with E-state index in [1.807, 2.05) is 12.1 Å². The summed E-state index contributed by atoms with van der Waals surface area (Å²) in [6.45, 7) is 4.60. The Hall–Kier alpha value is -1.31. The Kier molecular flexibility index (Phi) is 9.33. The molecule has 0 aliphatic heterocycles. The molecule has 0 N–H and O–H groups in total. The highest BCUT2D eigenvalue weighted by Crippen LogP contribution is 2.44. The van der Waals surface area contributed by atoms with Crippen LogP contribution in [-0.2, 0) is 4.74 Å². The van der Waals surface area contributed by atoms with E-state index >= 15 is 0 Å². The van der Waals surface area contributed by atoms with Crippen molar-refractivity contribution in [3.8, 4) is 0 Å². The van der Waals surface area contributed by atoms with Crippen molar-refractivity contribution in [2.45, 2.75) is 129 Å². The number of carbonyl (C=O) groups is 1. The molecular weight excluding hydrogens is 404 g/mol. The zero-order valence-electron chi connectivity index (χ0n) is 21.4. The van der Waals surface area contributed by atoms with E-state index in [-0.39, 0.29) is 12.1 Å². The summed E-state index contributed by atoms with van der Waals surface area (Å²) in [5.41, 5.74) is 2.16. The topological polar surface area (TPSA) is 26.3 Å². The highest BCUT2D eigenvalue weighted by molar-refractivity contribution is 5.89. The van der Waals surface area contributed by atoms with Gasteiger partial charge in [-0.15, -0.1) is 0 Å². The summed E-state index contributed by atoms with van der Waals surface area (Å²) in [6.07, 6.45) is 21.4. The van der Waals surface area contributed by atoms with Crippen LogP contribution in [0.4, 0.5) is 0 Å². The Morgan fingerprint density at radius 2 is 1.18 bits per heavy atom. The summed E-state index contributed by atoms with van der Waals surface area (Å²) in [7, 11) is 0. The van der Waals surface area contributed by atoms with Gasteiger partial charge in [-0.05, 0) is 111 Å². The van der Waals surface area contributed by atoms with Gasteiger partial charge in [0, 0.05) is 0 Å². The normalized spacial score (nSPS) is 32.9. The van der Waals surface area contributed by atoms with Crippen LogP contribution in [0.15, 0.2) is 24.3 Å². The SMILES string of the molecule is CCC[C@H]1CC[C@H](OC(=O)c2ccc([C@H]3CC[C@H]([C@H]4CC[C@H](CCC)CC4)CC3)cc2)CC1. The molecule has 0 atom stereocenters. The van der Waals surface area contributed by atoms with Crippen LogP contribution in [0.2, 0.25) is 0 Å². The van der Waals surface area contributed by atoms with Gasteiger partial charge in [-0.3, -0.25) is 0 Å². The molecule has 1 aromatic carbocycles. The molecule has 3 aliphatic rings. The molecule has 0 bridgehead atoms. The number of esters is 1. The minimum Gasteiger partial charge on any atom is -0.459 e. The van der Waals surface area contributed by atoms with E-state index < -0.39 is 0 Å². The fourth-order valence-electron chi connectivity index (χ4n) is 7.34. The van der Waals surface area contributed by atoms with Crippen molar-refractivity contribution in [2.24, 2.45) is 23.7 Å². The van der Waals surface area contributed by atoms with E-state index in [0.717, 1.165) is 42.1 Å². The van der Waals surface area contributed by atoms with Crippen molar-refractivity contribution in [3.05, 3.63) is 35.4 Å². The molecule has 4 rings (SSSR count). The van der Waals surface area contributed by atoms with Crippen LogP contribution in [0.5, 0.6) is 0 Å². The molecule has 0 radical (unpaired) electrons. The van der Waals surface area contributed by atoms with Gasteiger partial charge in [0.25, 0.3) is 0 Å². The van der Waals surface area contributed by atoms with Crippen LogP contribution >= 0.6 is 0 Å². The van der Waals surface area contributed by atoms with E-state index in [9.17, 15) is 4.79 Å². The van der Waals surface area contributed by atoms with Crippen LogP contribution < -0.4 is 0 Å². The van der Waals surface area contributed by atoms with Crippen LogP contribution in [-0.4, -0.2) is 12.1 Å². The summed E-state index contributed by atoms with van der Waals surface area (Å²) in [6, 6.07) is 8.44. The molecule has 0 aromatic heterocycles. The molecule has 3 fully saturated rings.